The molecule has 6 nitrogen and oxygen atoms in total. The average molecular weight is 260 g/mol. The van der Waals surface area contributed by atoms with Gasteiger partial charge in [0, 0.05) is 7.05 Å². The molecule has 2 aromatic heterocycles. The summed E-state index contributed by atoms with van der Waals surface area (Å²) < 4.78 is 42.7. The number of alkyl halides is 3. The van der Waals surface area contributed by atoms with Crippen molar-refractivity contribution in [2.75, 3.05) is 7.05 Å². The van der Waals surface area contributed by atoms with Crippen LogP contribution < -0.4 is 5.32 Å². The number of H-pyrrole nitrogens is 1. The molecular weight excluding hydrogens is 253 g/mol. The molecule has 0 aliphatic rings. The Morgan fingerprint density at radius 1 is 1.44 bits per heavy atom. The monoisotopic (exact) mass is 260 g/mol. The van der Waals surface area contributed by atoms with Crippen molar-refractivity contribution >= 4 is 5.91 Å². The molecule has 0 spiro atoms. The Balaban J connectivity index is 2.54. The lowest BCUT2D eigenvalue weighted by atomic mass is 10.1. The fraction of sp³-hybridized carbons (Fsp3) is 0.222. The van der Waals surface area contributed by atoms with E-state index < -0.39 is 17.8 Å². The number of aromatic nitrogens is 3. The van der Waals surface area contributed by atoms with Crippen LogP contribution in [0, 0.1) is 0 Å². The van der Waals surface area contributed by atoms with E-state index in [-0.39, 0.29) is 16.9 Å². The van der Waals surface area contributed by atoms with E-state index in [0.717, 1.165) is 12.4 Å². The highest BCUT2D eigenvalue weighted by atomic mass is 19.4. The van der Waals surface area contributed by atoms with Gasteiger partial charge in [0.05, 0.1) is 18.0 Å². The zero-order valence-corrected chi connectivity index (χ0v) is 9.00. The van der Waals surface area contributed by atoms with Crippen LogP contribution in [0.4, 0.5) is 13.2 Å². The predicted octanol–water partition coefficient (Wildman–Crippen LogP) is 1.44. The summed E-state index contributed by atoms with van der Waals surface area (Å²) in [5, 5.41) is 10.7. The third kappa shape index (κ3) is 1.94. The number of carbonyl (C=O) groups is 1. The van der Waals surface area contributed by atoms with Crippen molar-refractivity contribution in [3.05, 3.63) is 23.7 Å². The maximum atomic E-state index is 12.7. The van der Waals surface area contributed by atoms with Crippen LogP contribution in [-0.2, 0) is 6.18 Å². The zero-order chi connectivity index (χ0) is 13.3. The number of amides is 1. The second kappa shape index (κ2) is 4.17. The maximum Gasteiger partial charge on any atom is 0.433 e. The van der Waals surface area contributed by atoms with E-state index in [4.69, 9.17) is 4.52 Å². The Labute approximate surface area is 98.2 Å². The van der Waals surface area contributed by atoms with Gasteiger partial charge in [-0.25, -0.2) is 0 Å². The van der Waals surface area contributed by atoms with Gasteiger partial charge in [0.25, 0.3) is 5.91 Å². The molecule has 0 unspecified atom stereocenters. The molecule has 18 heavy (non-hydrogen) atoms. The molecule has 1 amide bonds. The zero-order valence-electron chi connectivity index (χ0n) is 9.00. The first kappa shape index (κ1) is 12.1. The number of hydrogen-bond donors (Lipinski definition) is 2. The molecule has 0 atom stereocenters. The minimum absolute atomic E-state index is 0.0931. The highest BCUT2D eigenvalue weighted by molar-refractivity contribution is 5.99. The normalized spacial score (nSPS) is 11.6. The van der Waals surface area contributed by atoms with E-state index in [1.807, 2.05) is 5.10 Å². The van der Waals surface area contributed by atoms with Crippen molar-refractivity contribution in [2.24, 2.45) is 0 Å². The first-order valence-electron chi connectivity index (χ1n) is 4.73. The Kier molecular flexibility index (Phi) is 2.81. The summed E-state index contributed by atoms with van der Waals surface area (Å²) >= 11 is 0. The predicted molar refractivity (Wildman–Crippen MR) is 52.5 cm³/mol. The Morgan fingerprint density at radius 2 is 2.17 bits per heavy atom. The number of nitrogens with zero attached hydrogens (tertiary/aromatic N) is 2. The third-order valence-electron chi connectivity index (χ3n) is 2.21. The molecule has 2 heterocycles. The number of nitrogens with one attached hydrogen (secondary N) is 2. The smallest absolute Gasteiger partial charge is 0.355 e. The lowest BCUT2D eigenvalue weighted by Gasteiger charge is -2.05. The Morgan fingerprint density at radius 3 is 2.78 bits per heavy atom. The lowest BCUT2D eigenvalue weighted by Crippen LogP contribution is -2.18. The van der Waals surface area contributed by atoms with Gasteiger partial charge < -0.3 is 9.84 Å². The Hall–Kier alpha value is -2.32. The second-order valence-corrected chi connectivity index (χ2v) is 3.30. The molecule has 0 aliphatic heterocycles. The highest BCUT2D eigenvalue weighted by Crippen LogP contribution is 2.36. The van der Waals surface area contributed by atoms with E-state index in [1.54, 1.807) is 0 Å². The van der Waals surface area contributed by atoms with Crippen molar-refractivity contribution in [1.82, 2.24) is 20.7 Å². The largest absolute Gasteiger partial charge is 0.433 e. The summed E-state index contributed by atoms with van der Waals surface area (Å²) in [6.45, 7) is 0. The fourth-order valence-electron chi connectivity index (χ4n) is 1.40. The number of aromatic amines is 1. The van der Waals surface area contributed by atoms with Crippen molar-refractivity contribution in [1.29, 1.82) is 0 Å². The van der Waals surface area contributed by atoms with Crippen molar-refractivity contribution in [2.45, 2.75) is 6.18 Å². The minimum Gasteiger partial charge on any atom is -0.355 e. The molecular formula is C9H7F3N4O2. The second-order valence-electron chi connectivity index (χ2n) is 3.30. The SMILES string of the molecule is CNC(=O)c1cnoc1-c1cn[nH]c1C(F)(F)F. The van der Waals surface area contributed by atoms with E-state index in [1.165, 1.54) is 7.05 Å². The highest BCUT2D eigenvalue weighted by Gasteiger charge is 2.38. The Bertz CT molecular complexity index is 572. The number of carbonyl (C=O) groups excluding carboxylic acids is 1. The molecule has 0 bridgehead atoms. The molecule has 0 aliphatic carbocycles. The molecule has 96 valence electrons. The van der Waals surface area contributed by atoms with Gasteiger partial charge in [0.1, 0.15) is 5.56 Å². The molecule has 0 aromatic carbocycles. The first-order valence-corrected chi connectivity index (χ1v) is 4.73. The van der Waals surface area contributed by atoms with E-state index in [9.17, 15) is 18.0 Å². The van der Waals surface area contributed by atoms with Gasteiger partial charge in [-0.3, -0.25) is 9.89 Å². The standard InChI is InChI=1S/C9H7F3N4O2/c1-13-8(17)5-3-15-18-6(5)4-2-14-16-7(4)9(10,11)12/h2-3H,1H3,(H,13,17)(H,14,16). The van der Waals surface area contributed by atoms with Crippen LogP contribution in [0.3, 0.4) is 0 Å². The van der Waals surface area contributed by atoms with Crippen LogP contribution in [0.2, 0.25) is 0 Å². The molecule has 0 saturated carbocycles. The van der Waals surface area contributed by atoms with E-state index in [2.05, 4.69) is 15.6 Å². The van der Waals surface area contributed by atoms with Gasteiger partial charge in [0.2, 0.25) is 0 Å². The minimum atomic E-state index is -4.63. The molecule has 9 heteroatoms. The van der Waals surface area contributed by atoms with Gasteiger partial charge in [-0.1, -0.05) is 5.16 Å². The molecule has 0 fully saturated rings. The maximum absolute atomic E-state index is 12.7. The van der Waals surface area contributed by atoms with Crippen LogP contribution >= 0.6 is 0 Å². The lowest BCUT2D eigenvalue weighted by molar-refractivity contribution is -0.140. The summed E-state index contributed by atoms with van der Waals surface area (Å²) in [6.07, 6.45) is -2.66. The van der Waals surface area contributed by atoms with Crippen molar-refractivity contribution in [3.8, 4) is 11.3 Å². The van der Waals surface area contributed by atoms with Gasteiger partial charge in [0.15, 0.2) is 11.5 Å². The van der Waals surface area contributed by atoms with E-state index >= 15 is 0 Å². The quantitative estimate of drug-likeness (QED) is 0.855. The van der Waals surface area contributed by atoms with Crippen LogP contribution in [0.25, 0.3) is 11.3 Å². The fourth-order valence-corrected chi connectivity index (χ4v) is 1.40. The molecule has 0 radical (unpaired) electrons. The number of rotatable bonds is 2. The summed E-state index contributed by atoms with van der Waals surface area (Å²) in [5.74, 6) is -0.879. The first-order chi connectivity index (χ1) is 8.45. The van der Waals surface area contributed by atoms with Gasteiger partial charge >= 0.3 is 6.18 Å². The number of halogens is 3. The van der Waals surface area contributed by atoms with Gasteiger partial charge in [-0.05, 0) is 0 Å². The third-order valence-corrected chi connectivity index (χ3v) is 2.21. The van der Waals surface area contributed by atoms with Crippen LogP contribution in [0.15, 0.2) is 16.9 Å². The molecule has 2 rings (SSSR count). The summed E-state index contributed by atoms with van der Waals surface area (Å²) in [7, 11) is 1.35. The topological polar surface area (TPSA) is 83.8 Å². The molecule has 2 aromatic rings. The van der Waals surface area contributed by atoms with Gasteiger partial charge in [-0.15, -0.1) is 0 Å². The van der Waals surface area contributed by atoms with Crippen LogP contribution in [-0.4, -0.2) is 28.3 Å². The van der Waals surface area contributed by atoms with Gasteiger partial charge in [-0.2, -0.15) is 18.3 Å². The van der Waals surface area contributed by atoms with Crippen LogP contribution in [0.1, 0.15) is 16.1 Å². The molecule has 0 saturated heterocycles. The average Bonchev–Trinajstić information content (AvgIpc) is 2.94. The summed E-state index contributed by atoms with van der Waals surface area (Å²) in [6, 6.07) is 0. The van der Waals surface area contributed by atoms with Crippen molar-refractivity contribution < 1.29 is 22.5 Å². The number of hydrogen-bond acceptors (Lipinski definition) is 4. The summed E-state index contributed by atoms with van der Waals surface area (Å²) in [5.41, 5.74) is -1.55. The van der Waals surface area contributed by atoms with E-state index in [0.29, 0.717) is 0 Å². The van der Waals surface area contributed by atoms with Crippen molar-refractivity contribution in [3.63, 3.8) is 0 Å². The molecule has 2 N–H and O–H groups in total. The van der Waals surface area contributed by atoms with Crippen LogP contribution in [0.5, 0.6) is 0 Å². The summed E-state index contributed by atoms with van der Waals surface area (Å²) in [4.78, 5) is 11.4.